The van der Waals surface area contributed by atoms with Gasteiger partial charge in [-0.2, -0.15) is 0 Å². The first-order valence-corrected chi connectivity index (χ1v) is 8.46. The van der Waals surface area contributed by atoms with Gasteiger partial charge in [-0.3, -0.25) is 0 Å². The van der Waals surface area contributed by atoms with Gasteiger partial charge < -0.3 is 19.0 Å². The van der Waals surface area contributed by atoms with Crippen LogP contribution in [0.4, 0.5) is 0 Å². The van der Waals surface area contributed by atoms with Crippen LogP contribution in [-0.2, 0) is 9.57 Å². The van der Waals surface area contributed by atoms with Crippen molar-refractivity contribution in [3.05, 3.63) is 23.8 Å². The van der Waals surface area contributed by atoms with Crippen LogP contribution in [0.1, 0.15) is 44.1 Å². The van der Waals surface area contributed by atoms with Gasteiger partial charge in [0.25, 0.3) is 0 Å². The maximum atomic E-state index is 6.17. The monoisotopic (exact) mass is 317 g/mol. The predicted molar refractivity (Wildman–Crippen MR) is 86.3 cm³/mol. The highest BCUT2D eigenvalue weighted by atomic mass is 16.7. The van der Waals surface area contributed by atoms with E-state index < -0.39 is 0 Å². The molecule has 1 atom stereocenters. The first-order chi connectivity index (χ1) is 11.3. The van der Waals surface area contributed by atoms with Gasteiger partial charge in [0.05, 0.1) is 32.1 Å². The van der Waals surface area contributed by atoms with Crippen LogP contribution in [0.15, 0.2) is 23.4 Å². The molecule has 2 aliphatic heterocycles. The molecule has 0 bridgehead atoms. The zero-order valence-corrected chi connectivity index (χ0v) is 13.5. The minimum absolute atomic E-state index is 0.248. The predicted octanol–water partition coefficient (Wildman–Crippen LogP) is 3.30. The summed E-state index contributed by atoms with van der Waals surface area (Å²) in [4.78, 5) is 5.69. The Kier molecular flexibility index (Phi) is 3.89. The van der Waals surface area contributed by atoms with Crippen molar-refractivity contribution in [3.8, 4) is 11.5 Å². The van der Waals surface area contributed by atoms with Gasteiger partial charge in [0, 0.05) is 18.4 Å². The molecule has 1 aromatic rings. The molecule has 2 heterocycles. The number of hydrogen-bond acceptors (Lipinski definition) is 5. The van der Waals surface area contributed by atoms with Gasteiger partial charge >= 0.3 is 0 Å². The second kappa shape index (κ2) is 6.04. The lowest BCUT2D eigenvalue weighted by Gasteiger charge is -2.18. The van der Waals surface area contributed by atoms with Crippen LogP contribution in [-0.4, -0.2) is 37.7 Å². The third-order valence-corrected chi connectivity index (χ3v) is 5.00. The summed E-state index contributed by atoms with van der Waals surface area (Å²) in [5, 5.41) is 4.31. The average Bonchev–Trinajstić information content (AvgIpc) is 3.32. The summed E-state index contributed by atoms with van der Waals surface area (Å²) < 4.78 is 17.1. The lowest BCUT2D eigenvalue weighted by Crippen LogP contribution is -2.29. The van der Waals surface area contributed by atoms with E-state index >= 15 is 0 Å². The van der Waals surface area contributed by atoms with Crippen molar-refractivity contribution in [1.82, 2.24) is 0 Å². The third kappa shape index (κ3) is 2.90. The highest BCUT2D eigenvalue weighted by Crippen LogP contribution is 2.37. The molecule has 0 amide bonds. The van der Waals surface area contributed by atoms with Crippen molar-refractivity contribution >= 4 is 5.71 Å². The number of methoxy groups -OCH3 is 1. The summed E-state index contributed by atoms with van der Waals surface area (Å²) in [6.45, 7) is 1.38. The van der Waals surface area contributed by atoms with E-state index in [2.05, 4.69) is 5.16 Å². The van der Waals surface area contributed by atoms with Crippen LogP contribution in [0, 0.1) is 0 Å². The maximum absolute atomic E-state index is 6.17. The fourth-order valence-electron chi connectivity index (χ4n) is 3.61. The Hall–Kier alpha value is -1.75. The Morgan fingerprint density at radius 3 is 2.83 bits per heavy atom. The standard InChI is InChI=1S/C18H23NO4/c1-20-16-7-6-13(10-17(16)22-14-4-2-3-5-14)15-11-18(23-19-15)8-9-21-12-18/h6-7,10,14H,2-5,8-9,11-12H2,1H3/t18-/m0/s1. The molecule has 1 saturated heterocycles. The van der Waals surface area contributed by atoms with E-state index in [0.717, 1.165) is 55.1 Å². The minimum atomic E-state index is -0.248. The molecule has 1 spiro atoms. The summed E-state index contributed by atoms with van der Waals surface area (Å²) in [7, 11) is 1.68. The third-order valence-electron chi connectivity index (χ3n) is 5.00. The van der Waals surface area contributed by atoms with Crippen molar-refractivity contribution in [2.75, 3.05) is 20.3 Å². The molecule has 4 rings (SSSR count). The van der Waals surface area contributed by atoms with Gasteiger partial charge in [-0.1, -0.05) is 5.16 Å². The van der Waals surface area contributed by atoms with Crippen LogP contribution < -0.4 is 9.47 Å². The van der Waals surface area contributed by atoms with Crippen LogP contribution in [0.5, 0.6) is 11.5 Å². The molecule has 3 aliphatic rings. The topological polar surface area (TPSA) is 49.3 Å². The molecule has 0 radical (unpaired) electrons. The smallest absolute Gasteiger partial charge is 0.168 e. The highest BCUT2D eigenvalue weighted by Gasteiger charge is 2.43. The number of oxime groups is 1. The van der Waals surface area contributed by atoms with Crippen molar-refractivity contribution < 1.29 is 19.0 Å². The largest absolute Gasteiger partial charge is 0.493 e. The maximum Gasteiger partial charge on any atom is 0.168 e. The average molecular weight is 317 g/mol. The van der Waals surface area contributed by atoms with Gasteiger partial charge in [0.15, 0.2) is 17.1 Å². The van der Waals surface area contributed by atoms with Gasteiger partial charge in [0.2, 0.25) is 0 Å². The summed E-state index contributed by atoms with van der Waals surface area (Å²) in [6.07, 6.45) is 6.74. The van der Waals surface area contributed by atoms with Gasteiger partial charge in [-0.25, -0.2) is 0 Å². The Morgan fingerprint density at radius 2 is 2.09 bits per heavy atom. The molecule has 1 saturated carbocycles. The van der Waals surface area contributed by atoms with Crippen LogP contribution in [0.25, 0.3) is 0 Å². The van der Waals surface area contributed by atoms with E-state index in [9.17, 15) is 0 Å². The number of nitrogens with zero attached hydrogens (tertiary/aromatic N) is 1. The minimum Gasteiger partial charge on any atom is -0.493 e. The van der Waals surface area contributed by atoms with E-state index in [4.69, 9.17) is 19.0 Å². The summed E-state index contributed by atoms with van der Waals surface area (Å²) in [5.41, 5.74) is 1.76. The van der Waals surface area contributed by atoms with Gasteiger partial charge in [-0.05, 0) is 43.9 Å². The van der Waals surface area contributed by atoms with Crippen LogP contribution in [0.3, 0.4) is 0 Å². The molecule has 5 heteroatoms. The van der Waals surface area contributed by atoms with Crippen molar-refractivity contribution in [2.24, 2.45) is 5.16 Å². The zero-order chi connectivity index (χ0) is 15.7. The summed E-state index contributed by atoms with van der Waals surface area (Å²) >= 11 is 0. The number of benzene rings is 1. The molecule has 2 fully saturated rings. The molecule has 5 nitrogen and oxygen atoms in total. The van der Waals surface area contributed by atoms with Gasteiger partial charge in [-0.15, -0.1) is 0 Å². The van der Waals surface area contributed by atoms with Crippen molar-refractivity contribution in [2.45, 2.75) is 50.2 Å². The molecular weight excluding hydrogens is 294 g/mol. The fraction of sp³-hybridized carbons (Fsp3) is 0.611. The SMILES string of the molecule is COc1ccc(C2=NO[C@@]3(CCOC3)C2)cc1OC1CCCC1. The highest BCUT2D eigenvalue weighted by molar-refractivity contribution is 6.02. The molecule has 1 aromatic carbocycles. The molecule has 0 N–H and O–H groups in total. The molecule has 124 valence electrons. The lowest BCUT2D eigenvalue weighted by molar-refractivity contribution is -0.0237. The number of hydrogen-bond donors (Lipinski definition) is 0. The fourth-order valence-corrected chi connectivity index (χ4v) is 3.61. The number of ether oxygens (including phenoxy) is 3. The lowest BCUT2D eigenvalue weighted by atomic mass is 9.93. The van der Waals surface area contributed by atoms with Crippen LogP contribution in [0.2, 0.25) is 0 Å². The Balaban J connectivity index is 1.54. The van der Waals surface area contributed by atoms with Gasteiger partial charge in [0.1, 0.15) is 0 Å². The Morgan fingerprint density at radius 1 is 1.22 bits per heavy atom. The zero-order valence-electron chi connectivity index (χ0n) is 13.5. The quantitative estimate of drug-likeness (QED) is 0.855. The Bertz CT molecular complexity index is 601. The van der Waals surface area contributed by atoms with Crippen molar-refractivity contribution in [1.29, 1.82) is 0 Å². The van der Waals surface area contributed by atoms with E-state index in [1.807, 2.05) is 18.2 Å². The second-order valence-electron chi connectivity index (χ2n) is 6.68. The number of rotatable bonds is 4. The normalized spacial score (nSPS) is 27.3. The second-order valence-corrected chi connectivity index (χ2v) is 6.68. The summed E-state index contributed by atoms with van der Waals surface area (Å²) in [6, 6.07) is 6.02. The van der Waals surface area contributed by atoms with Crippen molar-refractivity contribution in [3.63, 3.8) is 0 Å². The molecule has 23 heavy (non-hydrogen) atoms. The van der Waals surface area contributed by atoms with E-state index in [0.29, 0.717) is 12.7 Å². The van der Waals surface area contributed by atoms with E-state index in [1.165, 1.54) is 12.8 Å². The van der Waals surface area contributed by atoms with E-state index in [-0.39, 0.29) is 5.60 Å². The van der Waals surface area contributed by atoms with E-state index in [1.54, 1.807) is 7.11 Å². The molecule has 1 aliphatic carbocycles. The van der Waals surface area contributed by atoms with Crippen LogP contribution >= 0.6 is 0 Å². The summed E-state index contributed by atoms with van der Waals surface area (Å²) in [5.74, 6) is 1.59. The molecule has 0 unspecified atom stereocenters. The first kappa shape index (κ1) is 14.8. The molecule has 0 aromatic heterocycles. The molecular formula is C18H23NO4. The first-order valence-electron chi connectivity index (χ1n) is 8.46. The Labute approximate surface area is 136 Å².